The molecule has 140 valence electrons. The zero-order valence-electron chi connectivity index (χ0n) is 14.9. The minimum Gasteiger partial charge on any atom is -0.459 e. The van der Waals surface area contributed by atoms with Crippen LogP contribution in [0.15, 0.2) is 40.8 Å². The van der Waals surface area contributed by atoms with Crippen LogP contribution in [0.25, 0.3) is 22.6 Å². The van der Waals surface area contributed by atoms with Crippen LogP contribution in [0.5, 0.6) is 0 Å². The molecule has 1 heterocycles. The molecule has 7 heteroatoms. The van der Waals surface area contributed by atoms with Crippen LogP contribution < -0.4 is 0 Å². The zero-order valence-corrected chi connectivity index (χ0v) is 16.4. The highest BCUT2D eigenvalue weighted by molar-refractivity contribution is 6.35. The molecule has 2 aromatic carbocycles. The molecule has 0 amide bonds. The Morgan fingerprint density at radius 2 is 1.85 bits per heavy atom. The van der Waals surface area contributed by atoms with Crippen LogP contribution in [0.2, 0.25) is 10.0 Å². The number of halogens is 2. The van der Waals surface area contributed by atoms with E-state index in [2.05, 4.69) is 9.88 Å². The molecule has 4 rings (SSSR count). The molecule has 1 aliphatic rings. The van der Waals surface area contributed by atoms with E-state index in [1.54, 1.807) is 36.4 Å². The molecule has 0 aliphatic heterocycles. The van der Waals surface area contributed by atoms with Crippen LogP contribution >= 0.6 is 23.2 Å². The van der Waals surface area contributed by atoms with Crippen molar-refractivity contribution in [3.63, 3.8) is 0 Å². The van der Waals surface area contributed by atoms with Crippen molar-refractivity contribution >= 4 is 40.3 Å². The number of benzene rings is 2. The number of hydrogen-bond donors (Lipinski definition) is 0. The Balaban J connectivity index is 1.53. The van der Waals surface area contributed by atoms with E-state index >= 15 is 0 Å². The average molecular weight is 405 g/mol. The molecule has 1 saturated carbocycles. The molecule has 0 bridgehead atoms. The first-order valence-electron chi connectivity index (χ1n) is 8.63. The molecule has 3 aromatic rings. The van der Waals surface area contributed by atoms with Gasteiger partial charge in [0.05, 0.1) is 5.56 Å². The summed E-state index contributed by atoms with van der Waals surface area (Å²) in [5.41, 5.74) is 2.28. The van der Waals surface area contributed by atoms with Crippen LogP contribution in [0.4, 0.5) is 0 Å². The number of carbonyl (C=O) groups excluding carboxylic acids is 1. The fourth-order valence-corrected chi connectivity index (χ4v) is 3.65. The Morgan fingerprint density at radius 3 is 2.52 bits per heavy atom. The van der Waals surface area contributed by atoms with Gasteiger partial charge in [-0.05, 0) is 50.5 Å². The van der Waals surface area contributed by atoms with Crippen molar-refractivity contribution in [3.05, 3.63) is 52.0 Å². The number of carbonyl (C=O) groups is 1. The number of ether oxygens (including phenoxy) is 1. The van der Waals surface area contributed by atoms with Gasteiger partial charge in [-0.15, -0.1) is 0 Å². The molecule has 0 spiro atoms. The molecule has 0 N–H and O–H groups in total. The highest BCUT2D eigenvalue weighted by Gasteiger charge is 2.33. The van der Waals surface area contributed by atoms with E-state index in [0.29, 0.717) is 44.2 Å². The third-order valence-electron chi connectivity index (χ3n) is 4.81. The molecule has 0 atom stereocenters. The Bertz CT molecular complexity index is 989. The fraction of sp³-hybridized carbons (Fsp3) is 0.300. The lowest BCUT2D eigenvalue weighted by Gasteiger charge is -2.38. The minimum atomic E-state index is -0.345. The summed E-state index contributed by atoms with van der Waals surface area (Å²) in [6, 6.07) is 10.7. The molecule has 27 heavy (non-hydrogen) atoms. The van der Waals surface area contributed by atoms with Gasteiger partial charge in [-0.25, -0.2) is 9.78 Å². The van der Waals surface area contributed by atoms with Gasteiger partial charge in [0, 0.05) is 34.5 Å². The minimum absolute atomic E-state index is 0.0283. The molecule has 0 saturated heterocycles. The van der Waals surface area contributed by atoms with Crippen LogP contribution in [0, 0.1) is 0 Å². The van der Waals surface area contributed by atoms with E-state index < -0.39 is 0 Å². The van der Waals surface area contributed by atoms with Gasteiger partial charge in [0.2, 0.25) is 5.89 Å². The van der Waals surface area contributed by atoms with E-state index in [4.69, 9.17) is 32.4 Å². The van der Waals surface area contributed by atoms with E-state index in [-0.39, 0.29) is 12.1 Å². The third-order valence-corrected chi connectivity index (χ3v) is 5.24. The first-order valence-corrected chi connectivity index (χ1v) is 9.39. The topological polar surface area (TPSA) is 55.6 Å². The van der Waals surface area contributed by atoms with Gasteiger partial charge < -0.3 is 14.1 Å². The van der Waals surface area contributed by atoms with Gasteiger partial charge in [-0.2, -0.15) is 0 Å². The summed E-state index contributed by atoms with van der Waals surface area (Å²) in [6.45, 7) is 0. The van der Waals surface area contributed by atoms with E-state index in [1.165, 1.54) is 0 Å². The average Bonchev–Trinajstić information content (AvgIpc) is 2.99. The molecular weight excluding hydrogens is 387 g/mol. The Kier molecular flexibility index (Phi) is 4.84. The van der Waals surface area contributed by atoms with Crippen molar-refractivity contribution in [2.45, 2.75) is 25.0 Å². The van der Waals surface area contributed by atoms with E-state index in [1.807, 2.05) is 14.1 Å². The van der Waals surface area contributed by atoms with Gasteiger partial charge in [-0.1, -0.05) is 23.2 Å². The van der Waals surface area contributed by atoms with Crippen molar-refractivity contribution in [2.75, 3.05) is 14.1 Å². The molecule has 1 fully saturated rings. The molecule has 0 unspecified atom stereocenters. The number of fused-ring (bicyclic) bond motifs is 1. The van der Waals surface area contributed by atoms with Crippen molar-refractivity contribution in [1.82, 2.24) is 9.88 Å². The van der Waals surface area contributed by atoms with Gasteiger partial charge >= 0.3 is 5.97 Å². The second-order valence-corrected chi connectivity index (χ2v) is 7.85. The highest BCUT2D eigenvalue weighted by atomic mass is 35.5. The smallest absolute Gasteiger partial charge is 0.338 e. The highest BCUT2D eigenvalue weighted by Crippen LogP contribution is 2.31. The lowest BCUT2D eigenvalue weighted by molar-refractivity contribution is -0.0190. The van der Waals surface area contributed by atoms with Gasteiger partial charge in [0.15, 0.2) is 5.58 Å². The molecule has 5 nitrogen and oxygen atoms in total. The number of esters is 1. The van der Waals surface area contributed by atoms with Gasteiger partial charge in [-0.3, -0.25) is 0 Å². The summed E-state index contributed by atoms with van der Waals surface area (Å²) in [4.78, 5) is 19.0. The van der Waals surface area contributed by atoms with Gasteiger partial charge in [0.1, 0.15) is 11.6 Å². The lowest BCUT2D eigenvalue weighted by Crippen LogP contribution is -2.45. The third kappa shape index (κ3) is 3.81. The van der Waals surface area contributed by atoms with Gasteiger partial charge in [0.25, 0.3) is 0 Å². The molecule has 1 aromatic heterocycles. The van der Waals surface area contributed by atoms with E-state index in [9.17, 15) is 4.79 Å². The number of oxazole rings is 1. The van der Waals surface area contributed by atoms with Crippen LogP contribution in [-0.4, -0.2) is 42.1 Å². The second kappa shape index (κ2) is 7.15. The number of rotatable bonds is 4. The fourth-order valence-electron chi connectivity index (χ4n) is 3.13. The van der Waals surface area contributed by atoms with Crippen LogP contribution in [0.1, 0.15) is 23.2 Å². The zero-order chi connectivity index (χ0) is 19.1. The first kappa shape index (κ1) is 18.3. The number of nitrogens with zero attached hydrogens (tertiary/aromatic N) is 2. The largest absolute Gasteiger partial charge is 0.459 e. The maximum Gasteiger partial charge on any atom is 0.338 e. The summed E-state index contributed by atoms with van der Waals surface area (Å²) < 4.78 is 11.4. The van der Waals surface area contributed by atoms with Crippen molar-refractivity contribution in [2.24, 2.45) is 0 Å². The van der Waals surface area contributed by atoms with Crippen LogP contribution in [0.3, 0.4) is 0 Å². The normalized spacial score (nSPS) is 19.3. The van der Waals surface area contributed by atoms with Crippen molar-refractivity contribution in [1.29, 1.82) is 0 Å². The Labute approximate surface area is 166 Å². The summed E-state index contributed by atoms with van der Waals surface area (Å²) >= 11 is 12.1. The first-order chi connectivity index (χ1) is 12.9. The molecule has 0 radical (unpaired) electrons. The number of hydrogen-bond acceptors (Lipinski definition) is 5. The summed E-state index contributed by atoms with van der Waals surface area (Å²) in [6.07, 6.45) is 1.70. The monoisotopic (exact) mass is 404 g/mol. The Morgan fingerprint density at radius 1 is 1.15 bits per heavy atom. The predicted octanol–water partition coefficient (Wildman–Crippen LogP) is 5.05. The maximum atomic E-state index is 12.4. The Hall–Kier alpha value is -2.08. The summed E-state index contributed by atoms with van der Waals surface area (Å²) in [7, 11) is 4.07. The van der Waals surface area contributed by atoms with Crippen molar-refractivity contribution in [3.8, 4) is 11.5 Å². The molecular formula is C20H18Cl2N2O3. The van der Waals surface area contributed by atoms with Crippen molar-refractivity contribution < 1.29 is 13.9 Å². The SMILES string of the molecule is CN(C)C1CC(OC(=O)c2ccc3nc(-c4cc(Cl)cc(Cl)c4)oc3c2)C1. The van der Waals surface area contributed by atoms with Crippen LogP contribution in [-0.2, 0) is 4.74 Å². The maximum absolute atomic E-state index is 12.4. The van der Waals surface area contributed by atoms with E-state index in [0.717, 1.165) is 12.8 Å². The lowest BCUT2D eigenvalue weighted by atomic mass is 9.88. The predicted molar refractivity (Wildman–Crippen MR) is 105 cm³/mol. The molecule has 1 aliphatic carbocycles. The number of aromatic nitrogens is 1. The quantitative estimate of drug-likeness (QED) is 0.569. The summed E-state index contributed by atoms with van der Waals surface area (Å²) in [5.74, 6) is 0.0515. The standard InChI is InChI=1S/C20H18Cl2N2O3/c1-24(2)15-9-16(10-15)26-20(25)11-3-4-17-18(7-11)27-19(23-17)12-5-13(21)8-14(22)6-12/h3-8,15-16H,9-10H2,1-2H3. The summed E-state index contributed by atoms with van der Waals surface area (Å²) in [5, 5.41) is 1.00. The second-order valence-electron chi connectivity index (χ2n) is 6.98.